The zero-order valence-corrected chi connectivity index (χ0v) is 18.7. The third kappa shape index (κ3) is 4.90. The number of methoxy groups -OCH3 is 1. The molecule has 1 aromatic heterocycles. The molecule has 0 aliphatic heterocycles. The number of halogens is 3. The molecule has 7 nitrogen and oxygen atoms in total. The van der Waals surface area contributed by atoms with E-state index in [-0.39, 0.29) is 34.2 Å². The summed E-state index contributed by atoms with van der Waals surface area (Å²) < 4.78 is 33.9. The van der Waals surface area contributed by atoms with E-state index in [2.05, 4.69) is 15.6 Å². The van der Waals surface area contributed by atoms with Gasteiger partial charge >= 0.3 is 0 Å². The van der Waals surface area contributed by atoms with Gasteiger partial charge in [0.1, 0.15) is 23.1 Å². The van der Waals surface area contributed by atoms with Gasteiger partial charge in [-0.15, -0.1) is 5.10 Å². The van der Waals surface area contributed by atoms with Gasteiger partial charge in [-0.1, -0.05) is 16.8 Å². The number of benzene rings is 3. The highest BCUT2D eigenvalue weighted by Crippen LogP contribution is 2.31. The first-order valence-corrected chi connectivity index (χ1v) is 10.5. The van der Waals surface area contributed by atoms with Crippen molar-refractivity contribution in [1.29, 1.82) is 0 Å². The van der Waals surface area contributed by atoms with E-state index in [1.54, 1.807) is 30.5 Å². The number of hydrogen-bond donors (Lipinski definition) is 2. The summed E-state index contributed by atoms with van der Waals surface area (Å²) in [6, 6.07) is 12.8. The van der Waals surface area contributed by atoms with Gasteiger partial charge < -0.3 is 15.2 Å². The highest BCUT2D eigenvalue weighted by Gasteiger charge is 2.20. The summed E-state index contributed by atoms with van der Waals surface area (Å²) in [4.78, 5) is 13.3. The molecule has 0 atom stereocenters. The fourth-order valence-corrected chi connectivity index (χ4v) is 3.62. The summed E-state index contributed by atoms with van der Waals surface area (Å²) in [6.45, 7) is 0.221. The van der Waals surface area contributed by atoms with Crippen molar-refractivity contribution < 1.29 is 23.4 Å². The van der Waals surface area contributed by atoms with E-state index in [1.165, 1.54) is 30.0 Å². The Balaban J connectivity index is 1.63. The van der Waals surface area contributed by atoms with Crippen LogP contribution in [-0.2, 0) is 6.54 Å². The smallest absolute Gasteiger partial charge is 0.198 e. The first-order valence-electron chi connectivity index (χ1n) is 10.2. The standard InChI is InChI=1S/C24H19ClF2N4O3/c1-34-23-7-2-14(22-13-31(8-9-32)30-29-22)10-18(23)24(33)17-5-4-16(12-19(17)25)28-21-6-3-15(26)11-20(21)27/h2-7,10-13,28,32H,8-9H2,1H3. The fraction of sp³-hybridized carbons (Fsp3) is 0.125. The molecule has 4 rings (SSSR count). The molecule has 1 heterocycles. The van der Waals surface area contributed by atoms with Gasteiger partial charge in [0.2, 0.25) is 0 Å². The van der Waals surface area contributed by atoms with Crippen LogP contribution in [-0.4, -0.2) is 39.6 Å². The number of hydrogen-bond acceptors (Lipinski definition) is 6. The Kier molecular flexibility index (Phi) is 6.85. The number of carbonyl (C=O) groups is 1. The van der Waals surface area contributed by atoms with Crippen LogP contribution in [0.25, 0.3) is 11.3 Å². The lowest BCUT2D eigenvalue weighted by Gasteiger charge is -2.12. The zero-order chi connectivity index (χ0) is 24.2. The maximum Gasteiger partial charge on any atom is 0.198 e. The van der Waals surface area contributed by atoms with Crippen molar-refractivity contribution in [2.75, 3.05) is 19.0 Å². The van der Waals surface area contributed by atoms with Crippen LogP contribution in [0.4, 0.5) is 20.2 Å². The minimum absolute atomic E-state index is 0.0696. The van der Waals surface area contributed by atoms with Gasteiger partial charge in [-0.05, 0) is 48.5 Å². The van der Waals surface area contributed by atoms with E-state index in [9.17, 15) is 13.6 Å². The molecular weight excluding hydrogens is 466 g/mol. The van der Waals surface area contributed by atoms with Crippen molar-refractivity contribution in [3.05, 3.63) is 88.6 Å². The maximum absolute atomic E-state index is 13.9. The van der Waals surface area contributed by atoms with E-state index < -0.39 is 11.6 Å². The summed E-state index contributed by atoms with van der Waals surface area (Å²) >= 11 is 6.39. The fourth-order valence-electron chi connectivity index (χ4n) is 3.36. The Bertz CT molecular complexity index is 1360. The molecule has 0 saturated carbocycles. The molecule has 174 valence electrons. The van der Waals surface area contributed by atoms with Crippen molar-refractivity contribution in [3.8, 4) is 17.0 Å². The number of ketones is 1. The number of aromatic nitrogens is 3. The van der Waals surface area contributed by atoms with Crippen LogP contribution < -0.4 is 10.1 Å². The largest absolute Gasteiger partial charge is 0.496 e. The second-order valence-corrected chi connectivity index (χ2v) is 7.69. The van der Waals surface area contributed by atoms with Crippen LogP contribution in [0.1, 0.15) is 15.9 Å². The highest BCUT2D eigenvalue weighted by molar-refractivity contribution is 6.35. The van der Waals surface area contributed by atoms with Crippen LogP contribution in [0.3, 0.4) is 0 Å². The van der Waals surface area contributed by atoms with Gasteiger partial charge in [0.25, 0.3) is 0 Å². The summed E-state index contributed by atoms with van der Waals surface area (Å²) in [7, 11) is 1.45. The van der Waals surface area contributed by atoms with E-state index in [1.807, 2.05) is 0 Å². The average Bonchev–Trinajstić information content (AvgIpc) is 3.29. The SMILES string of the molecule is COc1ccc(-c2cn(CCO)nn2)cc1C(=O)c1ccc(Nc2ccc(F)cc2F)cc1Cl. The monoisotopic (exact) mass is 484 g/mol. The van der Waals surface area contributed by atoms with E-state index in [0.29, 0.717) is 29.2 Å². The Morgan fingerprint density at radius 2 is 1.94 bits per heavy atom. The lowest BCUT2D eigenvalue weighted by molar-refractivity contribution is 0.103. The molecule has 0 amide bonds. The molecule has 0 spiro atoms. The quantitative estimate of drug-likeness (QED) is 0.347. The molecule has 4 aromatic rings. The number of aliphatic hydroxyl groups excluding tert-OH is 1. The molecule has 0 aliphatic carbocycles. The highest BCUT2D eigenvalue weighted by atomic mass is 35.5. The molecule has 0 aliphatic rings. The summed E-state index contributed by atoms with van der Waals surface area (Å²) in [5.74, 6) is -1.47. The second-order valence-electron chi connectivity index (χ2n) is 7.28. The van der Waals surface area contributed by atoms with Gasteiger partial charge in [0.15, 0.2) is 5.78 Å². The minimum Gasteiger partial charge on any atom is -0.496 e. The van der Waals surface area contributed by atoms with Gasteiger partial charge in [0, 0.05) is 22.9 Å². The average molecular weight is 485 g/mol. The van der Waals surface area contributed by atoms with Crippen LogP contribution >= 0.6 is 11.6 Å². The summed E-state index contributed by atoms with van der Waals surface area (Å²) in [6.07, 6.45) is 1.66. The van der Waals surface area contributed by atoms with Crippen LogP contribution in [0.5, 0.6) is 5.75 Å². The van der Waals surface area contributed by atoms with E-state index in [4.69, 9.17) is 21.4 Å². The number of carbonyl (C=O) groups excluding carboxylic acids is 1. The Labute approximate surface area is 198 Å². The topological polar surface area (TPSA) is 89.3 Å². The van der Waals surface area contributed by atoms with Crippen molar-refractivity contribution in [3.63, 3.8) is 0 Å². The third-order valence-electron chi connectivity index (χ3n) is 5.03. The van der Waals surface area contributed by atoms with Crippen LogP contribution in [0.15, 0.2) is 60.8 Å². The van der Waals surface area contributed by atoms with Gasteiger partial charge in [-0.25, -0.2) is 13.5 Å². The molecular formula is C24H19ClF2N4O3. The van der Waals surface area contributed by atoms with Crippen LogP contribution in [0, 0.1) is 11.6 Å². The first kappa shape index (κ1) is 23.3. The third-order valence-corrected chi connectivity index (χ3v) is 5.34. The summed E-state index contributed by atoms with van der Waals surface area (Å²) in [5.41, 5.74) is 2.13. The van der Waals surface area contributed by atoms with Crippen molar-refractivity contribution >= 4 is 28.8 Å². The lowest BCUT2D eigenvalue weighted by Crippen LogP contribution is -2.06. The Morgan fingerprint density at radius 3 is 2.65 bits per heavy atom. The molecule has 0 radical (unpaired) electrons. The van der Waals surface area contributed by atoms with Gasteiger partial charge in [0.05, 0.1) is 42.7 Å². The molecule has 3 aromatic carbocycles. The predicted octanol–water partition coefficient (Wildman–Crippen LogP) is 4.85. The number of nitrogens with one attached hydrogen (secondary N) is 1. The molecule has 2 N–H and O–H groups in total. The maximum atomic E-state index is 13.9. The van der Waals surface area contributed by atoms with Crippen LogP contribution in [0.2, 0.25) is 5.02 Å². The number of anilines is 2. The molecule has 0 saturated heterocycles. The summed E-state index contributed by atoms with van der Waals surface area (Å²) in [5, 5.41) is 20.0. The van der Waals surface area contributed by atoms with Crippen molar-refractivity contribution in [1.82, 2.24) is 15.0 Å². The second kappa shape index (κ2) is 9.98. The number of ether oxygens (including phenoxy) is 1. The van der Waals surface area contributed by atoms with E-state index >= 15 is 0 Å². The predicted molar refractivity (Wildman–Crippen MR) is 124 cm³/mol. The number of rotatable bonds is 8. The van der Waals surface area contributed by atoms with Crippen molar-refractivity contribution in [2.24, 2.45) is 0 Å². The molecule has 0 unspecified atom stereocenters. The normalized spacial score (nSPS) is 10.9. The molecule has 0 fully saturated rings. The zero-order valence-electron chi connectivity index (χ0n) is 17.9. The number of aliphatic hydroxyl groups is 1. The lowest BCUT2D eigenvalue weighted by atomic mass is 9.99. The van der Waals surface area contributed by atoms with Gasteiger partial charge in [-0.3, -0.25) is 4.79 Å². The first-order chi connectivity index (χ1) is 16.4. The minimum atomic E-state index is -0.756. The van der Waals surface area contributed by atoms with Gasteiger partial charge in [-0.2, -0.15) is 0 Å². The molecule has 34 heavy (non-hydrogen) atoms. The number of nitrogens with zero attached hydrogens (tertiary/aromatic N) is 3. The molecule has 10 heteroatoms. The molecule has 0 bridgehead atoms. The van der Waals surface area contributed by atoms with E-state index in [0.717, 1.165) is 12.1 Å². The van der Waals surface area contributed by atoms with Crippen molar-refractivity contribution in [2.45, 2.75) is 6.54 Å². The Hall–Kier alpha value is -3.82. The Morgan fingerprint density at radius 1 is 1.12 bits per heavy atom.